The average molecular weight is 173 g/mol. The maximum atomic E-state index is 5.64. The summed E-state index contributed by atoms with van der Waals surface area (Å²) in [6, 6.07) is 5.89. The van der Waals surface area contributed by atoms with Crippen molar-refractivity contribution in [3.05, 3.63) is 29.3 Å². The number of hydrogen-bond donors (Lipinski definition) is 2. The number of nitrogen functional groups attached to an aromatic ring is 1. The highest BCUT2D eigenvalue weighted by atomic mass is 35.5. The Kier molecular flexibility index (Phi) is 3.93. The van der Waals surface area contributed by atoms with Crippen molar-refractivity contribution in [1.29, 1.82) is 0 Å². The van der Waals surface area contributed by atoms with Crippen LogP contribution >= 0.6 is 12.4 Å². The lowest BCUT2D eigenvalue weighted by atomic mass is 10.1. The first kappa shape index (κ1) is 10.3. The Labute approximate surface area is 73.0 Å². The van der Waals surface area contributed by atoms with E-state index in [0.717, 1.165) is 16.8 Å². The number of aryl methyl sites for hydroxylation is 1. The maximum Gasteiger partial charge on any atom is 0.0346 e. The monoisotopic (exact) mass is 172 g/mol. The lowest BCUT2D eigenvalue weighted by Gasteiger charge is -2.01. The summed E-state index contributed by atoms with van der Waals surface area (Å²) < 4.78 is 0. The minimum absolute atomic E-state index is 0. The van der Waals surface area contributed by atoms with Crippen LogP contribution in [0.5, 0.6) is 0 Å². The second-order valence-corrected chi connectivity index (χ2v) is 2.40. The molecule has 0 aliphatic heterocycles. The van der Waals surface area contributed by atoms with E-state index >= 15 is 0 Å². The molecular formula is C8H13ClN2. The Hall–Kier alpha value is -0.730. The van der Waals surface area contributed by atoms with Crippen LogP contribution in [-0.2, 0) is 6.54 Å². The van der Waals surface area contributed by atoms with Gasteiger partial charge in [0.2, 0.25) is 0 Å². The molecule has 0 aliphatic rings. The molecule has 0 amide bonds. The predicted molar refractivity (Wildman–Crippen MR) is 50.7 cm³/mol. The third-order valence-electron chi connectivity index (χ3n) is 1.58. The molecule has 0 fully saturated rings. The van der Waals surface area contributed by atoms with Crippen LogP contribution in [0.4, 0.5) is 5.69 Å². The van der Waals surface area contributed by atoms with Crippen molar-refractivity contribution in [2.75, 3.05) is 5.73 Å². The molecule has 1 aromatic rings. The minimum atomic E-state index is 0. The van der Waals surface area contributed by atoms with Gasteiger partial charge >= 0.3 is 0 Å². The second-order valence-electron chi connectivity index (χ2n) is 2.40. The number of benzene rings is 1. The third kappa shape index (κ3) is 2.41. The Balaban J connectivity index is 0.000001000. The number of halogens is 1. The van der Waals surface area contributed by atoms with Crippen LogP contribution in [0.2, 0.25) is 0 Å². The Bertz CT molecular complexity index is 236. The van der Waals surface area contributed by atoms with E-state index in [1.54, 1.807) is 0 Å². The Morgan fingerprint density at radius 3 is 2.45 bits per heavy atom. The molecule has 0 atom stereocenters. The first-order valence-electron chi connectivity index (χ1n) is 3.29. The highest BCUT2D eigenvalue weighted by Crippen LogP contribution is 2.11. The first-order valence-corrected chi connectivity index (χ1v) is 3.29. The highest BCUT2D eigenvalue weighted by Gasteiger charge is 1.92. The molecule has 0 saturated heterocycles. The largest absolute Gasteiger partial charge is 0.399 e. The van der Waals surface area contributed by atoms with Crippen LogP contribution in [0.3, 0.4) is 0 Å². The van der Waals surface area contributed by atoms with E-state index in [1.165, 1.54) is 0 Å². The summed E-state index contributed by atoms with van der Waals surface area (Å²) in [6.45, 7) is 2.54. The quantitative estimate of drug-likeness (QED) is 0.631. The fourth-order valence-corrected chi connectivity index (χ4v) is 0.817. The lowest BCUT2D eigenvalue weighted by molar-refractivity contribution is 1.07. The molecule has 62 valence electrons. The molecule has 0 radical (unpaired) electrons. The van der Waals surface area contributed by atoms with E-state index in [0.29, 0.717) is 6.54 Å². The summed E-state index contributed by atoms with van der Waals surface area (Å²) >= 11 is 0. The van der Waals surface area contributed by atoms with Crippen molar-refractivity contribution in [3.63, 3.8) is 0 Å². The number of rotatable bonds is 1. The van der Waals surface area contributed by atoms with E-state index in [9.17, 15) is 0 Å². The van der Waals surface area contributed by atoms with Gasteiger partial charge in [-0.05, 0) is 24.1 Å². The number of hydrogen-bond acceptors (Lipinski definition) is 2. The summed E-state index contributed by atoms with van der Waals surface area (Å²) in [5.74, 6) is 0. The molecule has 4 N–H and O–H groups in total. The van der Waals surface area contributed by atoms with Crippen LogP contribution < -0.4 is 11.5 Å². The molecule has 0 spiro atoms. The molecule has 1 rings (SSSR count). The molecule has 11 heavy (non-hydrogen) atoms. The number of anilines is 1. The zero-order chi connectivity index (χ0) is 7.56. The van der Waals surface area contributed by atoms with Gasteiger partial charge in [-0.3, -0.25) is 0 Å². The summed E-state index contributed by atoms with van der Waals surface area (Å²) in [4.78, 5) is 0. The predicted octanol–water partition coefficient (Wildman–Crippen LogP) is 1.46. The summed E-state index contributed by atoms with van der Waals surface area (Å²) in [5.41, 5.74) is 14.1. The van der Waals surface area contributed by atoms with Gasteiger partial charge in [0.15, 0.2) is 0 Å². The van der Waals surface area contributed by atoms with Crippen LogP contribution in [0, 0.1) is 6.92 Å². The van der Waals surface area contributed by atoms with E-state index in [-0.39, 0.29) is 12.4 Å². The van der Waals surface area contributed by atoms with Gasteiger partial charge in [0, 0.05) is 12.2 Å². The smallest absolute Gasteiger partial charge is 0.0346 e. The van der Waals surface area contributed by atoms with Crippen molar-refractivity contribution >= 4 is 18.1 Å². The first-order chi connectivity index (χ1) is 4.74. The second kappa shape index (κ2) is 4.21. The summed E-state index contributed by atoms with van der Waals surface area (Å²) in [7, 11) is 0. The summed E-state index contributed by atoms with van der Waals surface area (Å²) in [5, 5.41) is 0. The molecule has 0 aliphatic carbocycles. The van der Waals surface area contributed by atoms with Crippen molar-refractivity contribution in [1.82, 2.24) is 0 Å². The van der Waals surface area contributed by atoms with Crippen LogP contribution in [0.1, 0.15) is 11.1 Å². The van der Waals surface area contributed by atoms with Crippen LogP contribution in [-0.4, -0.2) is 0 Å². The van der Waals surface area contributed by atoms with Crippen molar-refractivity contribution in [3.8, 4) is 0 Å². The maximum absolute atomic E-state index is 5.64. The van der Waals surface area contributed by atoms with E-state index in [2.05, 4.69) is 0 Å². The minimum Gasteiger partial charge on any atom is -0.399 e. The fourth-order valence-electron chi connectivity index (χ4n) is 0.817. The fraction of sp³-hybridized carbons (Fsp3) is 0.250. The third-order valence-corrected chi connectivity index (χ3v) is 1.58. The van der Waals surface area contributed by atoms with Gasteiger partial charge in [-0.1, -0.05) is 12.1 Å². The topological polar surface area (TPSA) is 52.0 Å². The average Bonchev–Trinajstić information content (AvgIpc) is 1.95. The molecular weight excluding hydrogens is 160 g/mol. The molecule has 0 bridgehead atoms. The molecule has 1 aromatic carbocycles. The zero-order valence-electron chi connectivity index (χ0n) is 6.50. The van der Waals surface area contributed by atoms with Gasteiger partial charge < -0.3 is 11.5 Å². The van der Waals surface area contributed by atoms with Gasteiger partial charge in [-0.2, -0.15) is 0 Å². The molecule has 3 heteroatoms. The van der Waals surface area contributed by atoms with Crippen molar-refractivity contribution < 1.29 is 0 Å². The van der Waals surface area contributed by atoms with E-state index in [1.807, 2.05) is 25.1 Å². The van der Waals surface area contributed by atoms with Crippen LogP contribution in [0.25, 0.3) is 0 Å². The molecule has 0 aromatic heterocycles. The van der Waals surface area contributed by atoms with E-state index in [4.69, 9.17) is 11.5 Å². The zero-order valence-corrected chi connectivity index (χ0v) is 7.32. The molecule has 0 saturated carbocycles. The highest BCUT2D eigenvalue weighted by molar-refractivity contribution is 5.85. The SMILES string of the molecule is Cc1ccc(CN)cc1N.Cl. The molecule has 0 unspecified atom stereocenters. The Morgan fingerprint density at radius 2 is 2.00 bits per heavy atom. The standard InChI is InChI=1S/C8H12N2.ClH/c1-6-2-3-7(5-9)4-8(6)10;/h2-4H,5,9-10H2,1H3;1H. The van der Waals surface area contributed by atoms with Gasteiger partial charge in [-0.25, -0.2) is 0 Å². The van der Waals surface area contributed by atoms with Gasteiger partial charge in [-0.15, -0.1) is 12.4 Å². The van der Waals surface area contributed by atoms with Crippen molar-refractivity contribution in [2.24, 2.45) is 5.73 Å². The van der Waals surface area contributed by atoms with E-state index < -0.39 is 0 Å². The molecule has 2 nitrogen and oxygen atoms in total. The van der Waals surface area contributed by atoms with Crippen LogP contribution in [0.15, 0.2) is 18.2 Å². The Morgan fingerprint density at radius 1 is 1.36 bits per heavy atom. The summed E-state index contributed by atoms with van der Waals surface area (Å²) in [6.07, 6.45) is 0. The normalized spacial score (nSPS) is 8.91. The van der Waals surface area contributed by atoms with Gasteiger partial charge in [0.1, 0.15) is 0 Å². The lowest BCUT2D eigenvalue weighted by Crippen LogP contribution is -1.98. The molecule has 0 heterocycles. The number of nitrogens with two attached hydrogens (primary N) is 2. The van der Waals surface area contributed by atoms with Crippen molar-refractivity contribution in [2.45, 2.75) is 13.5 Å². The van der Waals surface area contributed by atoms with Gasteiger partial charge in [0.05, 0.1) is 0 Å². The van der Waals surface area contributed by atoms with Gasteiger partial charge in [0.25, 0.3) is 0 Å².